The molecular formula is C25H35N3O6S. The Bertz CT molecular complexity index is 1090. The first-order valence-electron chi connectivity index (χ1n) is 11.3. The molecule has 35 heavy (non-hydrogen) atoms. The molecule has 0 saturated heterocycles. The number of anilines is 1. The average Bonchev–Trinajstić information content (AvgIpc) is 2.84. The van der Waals surface area contributed by atoms with Gasteiger partial charge in [-0.05, 0) is 62.2 Å². The molecule has 9 nitrogen and oxygen atoms in total. The van der Waals surface area contributed by atoms with Crippen molar-refractivity contribution in [2.24, 2.45) is 0 Å². The number of hydrogen-bond donors (Lipinski definition) is 1. The number of hydrogen-bond acceptors (Lipinski definition) is 6. The van der Waals surface area contributed by atoms with Crippen LogP contribution in [0.1, 0.15) is 32.8 Å². The second-order valence-corrected chi connectivity index (χ2v) is 10.2. The summed E-state index contributed by atoms with van der Waals surface area (Å²) in [5, 5.41) is 2.90. The molecule has 0 unspecified atom stereocenters. The van der Waals surface area contributed by atoms with E-state index in [0.717, 1.165) is 22.5 Å². The van der Waals surface area contributed by atoms with Crippen LogP contribution in [0.2, 0.25) is 0 Å². The molecule has 2 atom stereocenters. The highest BCUT2D eigenvalue weighted by molar-refractivity contribution is 7.92. The molecule has 2 amide bonds. The largest absolute Gasteiger partial charge is 0.497 e. The Kier molecular flexibility index (Phi) is 9.94. The number of benzene rings is 2. The van der Waals surface area contributed by atoms with E-state index in [1.807, 2.05) is 13.8 Å². The lowest BCUT2D eigenvalue weighted by atomic mass is 10.1. The molecule has 0 bridgehead atoms. The number of nitrogens with one attached hydrogen (secondary N) is 1. The van der Waals surface area contributed by atoms with Gasteiger partial charge in [0.05, 0.1) is 26.2 Å². The molecule has 0 aliphatic carbocycles. The summed E-state index contributed by atoms with van der Waals surface area (Å²) in [5.74, 6) is 0.410. The van der Waals surface area contributed by atoms with Crippen LogP contribution in [0.15, 0.2) is 48.5 Å². The molecule has 2 aromatic carbocycles. The molecule has 0 radical (unpaired) electrons. The van der Waals surface area contributed by atoms with E-state index >= 15 is 0 Å². The predicted molar refractivity (Wildman–Crippen MR) is 136 cm³/mol. The van der Waals surface area contributed by atoms with Crippen molar-refractivity contribution in [2.45, 2.75) is 45.8 Å². The first-order valence-corrected chi connectivity index (χ1v) is 13.2. The molecule has 0 spiro atoms. The molecule has 0 saturated carbocycles. The maximum Gasteiger partial charge on any atom is 0.244 e. The number of rotatable bonds is 12. The lowest BCUT2D eigenvalue weighted by Crippen LogP contribution is -2.52. The van der Waals surface area contributed by atoms with Gasteiger partial charge in [0.2, 0.25) is 21.8 Å². The number of carbonyl (C=O) groups is 2. The van der Waals surface area contributed by atoms with Crippen molar-refractivity contribution < 1.29 is 27.5 Å². The number of ether oxygens (including phenoxy) is 2. The van der Waals surface area contributed by atoms with Gasteiger partial charge in [-0.3, -0.25) is 13.9 Å². The Balaban J connectivity index is 2.37. The van der Waals surface area contributed by atoms with Crippen LogP contribution in [0.25, 0.3) is 0 Å². The summed E-state index contributed by atoms with van der Waals surface area (Å²) in [7, 11) is -0.719. The summed E-state index contributed by atoms with van der Waals surface area (Å²) < 4.78 is 36.5. The fraction of sp³-hybridized carbons (Fsp3) is 0.440. The number of sulfonamides is 1. The Labute approximate surface area is 208 Å². The van der Waals surface area contributed by atoms with Crippen molar-refractivity contribution in [1.82, 2.24) is 10.2 Å². The van der Waals surface area contributed by atoms with Gasteiger partial charge in [0.25, 0.3) is 0 Å². The van der Waals surface area contributed by atoms with Crippen molar-refractivity contribution >= 4 is 27.5 Å². The second-order valence-electron chi connectivity index (χ2n) is 8.33. The van der Waals surface area contributed by atoms with E-state index in [9.17, 15) is 18.0 Å². The van der Waals surface area contributed by atoms with Crippen molar-refractivity contribution in [3.8, 4) is 11.5 Å². The molecule has 0 aliphatic heterocycles. The van der Waals surface area contributed by atoms with E-state index in [2.05, 4.69) is 5.32 Å². The van der Waals surface area contributed by atoms with Gasteiger partial charge in [0.15, 0.2) is 0 Å². The highest BCUT2D eigenvalue weighted by atomic mass is 32.2. The van der Waals surface area contributed by atoms with Gasteiger partial charge in [0.1, 0.15) is 24.1 Å². The Morgan fingerprint density at radius 1 is 0.943 bits per heavy atom. The predicted octanol–water partition coefficient (Wildman–Crippen LogP) is 2.80. The SMILES string of the molecule is CC[C@H](C)NC(=O)[C@@H](C)N(Cc1ccc(OC)cc1)C(=O)CN(c1ccc(OC)cc1)S(C)(=O)=O. The van der Waals surface area contributed by atoms with Gasteiger partial charge < -0.3 is 19.7 Å². The fourth-order valence-corrected chi connectivity index (χ4v) is 4.19. The zero-order valence-electron chi connectivity index (χ0n) is 21.1. The first-order chi connectivity index (χ1) is 16.5. The van der Waals surface area contributed by atoms with Crippen LogP contribution in [0.5, 0.6) is 11.5 Å². The van der Waals surface area contributed by atoms with E-state index < -0.39 is 28.5 Å². The van der Waals surface area contributed by atoms with Crippen LogP contribution in [-0.2, 0) is 26.2 Å². The van der Waals surface area contributed by atoms with E-state index in [1.165, 1.54) is 12.0 Å². The average molecular weight is 506 g/mol. The van der Waals surface area contributed by atoms with Crippen molar-refractivity contribution in [3.05, 3.63) is 54.1 Å². The molecule has 0 heterocycles. The van der Waals surface area contributed by atoms with E-state index in [-0.39, 0.29) is 18.5 Å². The zero-order valence-corrected chi connectivity index (χ0v) is 22.0. The highest BCUT2D eigenvalue weighted by Crippen LogP contribution is 2.22. The van der Waals surface area contributed by atoms with Crippen molar-refractivity contribution in [2.75, 3.05) is 31.3 Å². The summed E-state index contributed by atoms with van der Waals surface area (Å²) in [6, 6.07) is 12.6. The Hall–Kier alpha value is -3.27. The molecule has 2 aromatic rings. The maximum atomic E-state index is 13.5. The number of amides is 2. The van der Waals surface area contributed by atoms with Crippen LogP contribution in [0.3, 0.4) is 0 Å². The normalized spacial score (nSPS) is 12.9. The molecular weight excluding hydrogens is 470 g/mol. The van der Waals surface area contributed by atoms with Gasteiger partial charge in [-0.25, -0.2) is 8.42 Å². The van der Waals surface area contributed by atoms with Crippen molar-refractivity contribution in [3.63, 3.8) is 0 Å². The van der Waals surface area contributed by atoms with E-state index in [0.29, 0.717) is 17.2 Å². The van der Waals surface area contributed by atoms with Gasteiger partial charge in [-0.2, -0.15) is 0 Å². The molecule has 2 rings (SSSR count). The van der Waals surface area contributed by atoms with Gasteiger partial charge in [-0.15, -0.1) is 0 Å². The molecule has 0 aromatic heterocycles. The minimum absolute atomic E-state index is 0.0605. The fourth-order valence-electron chi connectivity index (χ4n) is 3.34. The molecule has 10 heteroatoms. The lowest BCUT2D eigenvalue weighted by Gasteiger charge is -2.32. The van der Waals surface area contributed by atoms with E-state index in [4.69, 9.17) is 9.47 Å². The van der Waals surface area contributed by atoms with Crippen LogP contribution in [-0.4, -0.2) is 64.2 Å². The minimum Gasteiger partial charge on any atom is -0.497 e. The number of nitrogens with zero attached hydrogens (tertiary/aromatic N) is 2. The van der Waals surface area contributed by atoms with E-state index in [1.54, 1.807) is 62.6 Å². The topological polar surface area (TPSA) is 105 Å². The molecule has 0 aliphatic rings. The van der Waals surface area contributed by atoms with Gasteiger partial charge in [-0.1, -0.05) is 19.1 Å². The molecule has 1 N–H and O–H groups in total. The van der Waals surface area contributed by atoms with Crippen molar-refractivity contribution in [1.29, 1.82) is 0 Å². The third kappa shape index (κ3) is 7.88. The zero-order chi connectivity index (χ0) is 26.2. The quantitative estimate of drug-likeness (QED) is 0.476. The van der Waals surface area contributed by atoms with Crippen LogP contribution in [0, 0.1) is 0 Å². The standard InChI is InChI=1S/C25H35N3O6S/c1-7-18(2)26-25(30)19(3)27(16-20-8-12-22(33-4)13-9-20)24(29)17-28(35(6,31)32)21-10-14-23(34-5)15-11-21/h8-15,18-19H,7,16-17H2,1-6H3,(H,26,30)/t18-,19+/m0/s1. The third-order valence-corrected chi connectivity index (χ3v) is 6.86. The summed E-state index contributed by atoms with van der Waals surface area (Å²) in [5.41, 5.74) is 1.10. The van der Waals surface area contributed by atoms with Crippen LogP contribution in [0.4, 0.5) is 5.69 Å². The highest BCUT2D eigenvalue weighted by Gasteiger charge is 2.30. The second kappa shape index (κ2) is 12.4. The summed E-state index contributed by atoms with van der Waals surface area (Å²) in [6.45, 7) is 5.14. The Morgan fingerprint density at radius 2 is 1.46 bits per heavy atom. The van der Waals surface area contributed by atoms with Gasteiger partial charge in [0, 0.05) is 12.6 Å². The summed E-state index contributed by atoms with van der Waals surface area (Å²) in [6.07, 6.45) is 1.78. The Morgan fingerprint density at radius 3 is 1.91 bits per heavy atom. The van der Waals surface area contributed by atoms with Gasteiger partial charge >= 0.3 is 0 Å². The summed E-state index contributed by atoms with van der Waals surface area (Å²) >= 11 is 0. The minimum atomic E-state index is -3.79. The maximum absolute atomic E-state index is 13.5. The third-order valence-electron chi connectivity index (χ3n) is 5.72. The molecule has 0 fully saturated rings. The lowest BCUT2D eigenvalue weighted by molar-refractivity contribution is -0.139. The van der Waals surface area contributed by atoms with Crippen LogP contribution < -0.4 is 19.1 Å². The smallest absolute Gasteiger partial charge is 0.244 e. The molecule has 192 valence electrons. The number of methoxy groups -OCH3 is 2. The van der Waals surface area contributed by atoms with Crippen LogP contribution >= 0.6 is 0 Å². The monoisotopic (exact) mass is 505 g/mol. The number of carbonyl (C=O) groups excluding carboxylic acids is 2. The first kappa shape index (κ1) is 28.0. The summed E-state index contributed by atoms with van der Waals surface area (Å²) in [4.78, 5) is 27.8.